The Bertz CT molecular complexity index is 618. The molecular formula is C20H27NO4. The minimum Gasteiger partial charge on any atom is -0.448 e. The number of carbonyl (C=O) groups excluding carboxylic acids is 1. The molecule has 25 heavy (non-hydrogen) atoms. The molecule has 1 heterocycles. The summed E-state index contributed by atoms with van der Waals surface area (Å²) in [7, 11) is 0. The van der Waals surface area contributed by atoms with Gasteiger partial charge in [-0.05, 0) is 37.8 Å². The van der Waals surface area contributed by atoms with Crippen molar-refractivity contribution < 1.29 is 19.0 Å². The number of hydrogen-bond donors (Lipinski definition) is 1. The quantitative estimate of drug-likeness (QED) is 0.878. The lowest BCUT2D eigenvalue weighted by atomic mass is 9.94. The third-order valence-electron chi connectivity index (χ3n) is 5.44. The molecule has 0 radical (unpaired) electrons. The van der Waals surface area contributed by atoms with Gasteiger partial charge in [-0.3, -0.25) is 4.79 Å². The van der Waals surface area contributed by atoms with E-state index in [-0.39, 0.29) is 18.6 Å². The molecular weight excluding hydrogens is 318 g/mol. The van der Waals surface area contributed by atoms with Crippen LogP contribution in [0.25, 0.3) is 0 Å². The zero-order chi connectivity index (χ0) is 17.1. The Morgan fingerprint density at radius 3 is 2.56 bits per heavy atom. The summed E-state index contributed by atoms with van der Waals surface area (Å²) in [4.78, 5) is 12.1. The van der Waals surface area contributed by atoms with Crippen molar-refractivity contribution >= 4 is 11.6 Å². The van der Waals surface area contributed by atoms with Gasteiger partial charge in [0.15, 0.2) is 11.5 Å². The molecule has 2 saturated carbocycles. The average molecular weight is 345 g/mol. The molecule has 2 fully saturated rings. The van der Waals surface area contributed by atoms with Gasteiger partial charge in [-0.25, -0.2) is 0 Å². The Hall–Kier alpha value is -1.75. The number of nitrogens with one attached hydrogen (secondary N) is 1. The van der Waals surface area contributed by atoms with Crippen molar-refractivity contribution in [2.45, 2.75) is 76.1 Å². The molecule has 1 aromatic rings. The summed E-state index contributed by atoms with van der Waals surface area (Å²) in [5, 5.41) is 2.90. The highest BCUT2D eigenvalue weighted by Gasteiger charge is 2.42. The van der Waals surface area contributed by atoms with Crippen LogP contribution in [0, 0.1) is 0 Å². The standard InChI is InChI=1S/C20H27NO4/c22-19(14-23-16-7-3-1-4-8-16)21-15-9-10-17-18(13-15)25-20(24-17)11-5-2-6-12-20/h9-10,13,16H,1-8,11-12,14H2,(H,21,22). The number of anilines is 1. The second kappa shape index (κ2) is 7.24. The van der Waals surface area contributed by atoms with Crippen molar-refractivity contribution in [3.8, 4) is 11.5 Å². The van der Waals surface area contributed by atoms with Crippen LogP contribution in [0.1, 0.15) is 64.2 Å². The third kappa shape index (κ3) is 3.92. The SMILES string of the molecule is O=C(COC1CCCCC1)Nc1ccc2c(c1)OC1(CCCCC1)O2. The molecule has 0 aromatic heterocycles. The maximum Gasteiger partial charge on any atom is 0.251 e. The van der Waals surface area contributed by atoms with E-state index in [1.807, 2.05) is 18.2 Å². The first-order valence-corrected chi connectivity index (χ1v) is 9.66. The monoisotopic (exact) mass is 345 g/mol. The van der Waals surface area contributed by atoms with Crippen LogP contribution in [0.2, 0.25) is 0 Å². The van der Waals surface area contributed by atoms with Gasteiger partial charge in [0, 0.05) is 24.6 Å². The normalized spacial score (nSPS) is 22.1. The molecule has 0 unspecified atom stereocenters. The maximum atomic E-state index is 12.1. The van der Waals surface area contributed by atoms with Crippen LogP contribution in [0.3, 0.4) is 0 Å². The topological polar surface area (TPSA) is 56.8 Å². The van der Waals surface area contributed by atoms with E-state index < -0.39 is 5.79 Å². The first-order chi connectivity index (χ1) is 12.2. The van der Waals surface area contributed by atoms with Crippen molar-refractivity contribution in [2.75, 3.05) is 11.9 Å². The summed E-state index contributed by atoms with van der Waals surface area (Å²) in [6.45, 7) is 0.114. The molecule has 0 atom stereocenters. The van der Waals surface area contributed by atoms with Crippen LogP contribution >= 0.6 is 0 Å². The number of benzene rings is 1. The molecule has 0 saturated heterocycles. The van der Waals surface area contributed by atoms with Gasteiger partial charge in [0.25, 0.3) is 5.79 Å². The molecule has 1 aromatic carbocycles. The maximum absolute atomic E-state index is 12.1. The fourth-order valence-corrected chi connectivity index (χ4v) is 4.09. The first kappa shape index (κ1) is 16.7. The van der Waals surface area contributed by atoms with Gasteiger partial charge in [0.05, 0.1) is 6.10 Å². The minimum atomic E-state index is -0.479. The Morgan fingerprint density at radius 1 is 1.04 bits per heavy atom. The molecule has 5 nitrogen and oxygen atoms in total. The lowest BCUT2D eigenvalue weighted by molar-refractivity contribution is -0.123. The van der Waals surface area contributed by atoms with Gasteiger partial charge in [0.1, 0.15) is 6.61 Å². The van der Waals surface area contributed by atoms with Crippen LogP contribution in [-0.2, 0) is 9.53 Å². The van der Waals surface area contributed by atoms with Crippen LogP contribution in [0.15, 0.2) is 18.2 Å². The third-order valence-corrected chi connectivity index (χ3v) is 5.44. The second-order valence-corrected chi connectivity index (χ2v) is 7.46. The van der Waals surface area contributed by atoms with Crippen LogP contribution in [-0.4, -0.2) is 24.4 Å². The summed E-state index contributed by atoms with van der Waals surface area (Å²) in [5.41, 5.74) is 0.729. The first-order valence-electron chi connectivity index (χ1n) is 9.66. The highest BCUT2D eigenvalue weighted by molar-refractivity contribution is 5.92. The van der Waals surface area contributed by atoms with E-state index in [1.54, 1.807) is 0 Å². The molecule has 5 heteroatoms. The summed E-state index contributed by atoms with van der Waals surface area (Å²) in [6.07, 6.45) is 11.4. The minimum absolute atomic E-state index is 0.114. The molecule has 1 N–H and O–H groups in total. The number of hydrogen-bond acceptors (Lipinski definition) is 4. The Kier molecular flexibility index (Phi) is 4.84. The smallest absolute Gasteiger partial charge is 0.251 e. The molecule has 0 bridgehead atoms. The average Bonchev–Trinajstić information content (AvgIpc) is 2.98. The lowest BCUT2D eigenvalue weighted by Crippen LogP contribution is -2.40. The number of carbonyl (C=O) groups is 1. The Balaban J connectivity index is 1.32. The van der Waals surface area contributed by atoms with Gasteiger partial charge in [-0.2, -0.15) is 0 Å². The van der Waals surface area contributed by atoms with Gasteiger partial charge < -0.3 is 19.5 Å². The number of amides is 1. The largest absolute Gasteiger partial charge is 0.448 e. The molecule has 2 aliphatic carbocycles. The summed E-state index contributed by atoms with van der Waals surface area (Å²) >= 11 is 0. The van der Waals surface area contributed by atoms with E-state index in [4.69, 9.17) is 14.2 Å². The number of rotatable bonds is 4. The van der Waals surface area contributed by atoms with Crippen molar-refractivity contribution in [2.24, 2.45) is 0 Å². The fourth-order valence-electron chi connectivity index (χ4n) is 4.09. The molecule has 1 spiro atoms. The van der Waals surface area contributed by atoms with Crippen molar-refractivity contribution in [3.63, 3.8) is 0 Å². The van der Waals surface area contributed by atoms with E-state index >= 15 is 0 Å². The molecule has 1 amide bonds. The summed E-state index contributed by atoms with van der Waals surface area (Å²) in [6, 6.07) is 5.61. The van der Waals surface area contributed by atoms with E-state index in [0.29, 0.717) is 0 Å². The molecule has 4 rings (SSSR count). The summed E-state index contributed by atoms with van der Waals surface area (Å²) in [5.74, 6) is 0.913. The predicted octanol–water partition coefficient (Wildman–Crippen LogP) is 4.41. The fraction of sp³-hybridized carbons (Fsp3) is 0.650. The zero-order valence-corrected chi connectivity index (χ0v) is 14.7. The van der Waals surface area contributed by atoms with Crippen LogP contribution < -0.4 is 14.8 Å². The number of ether oxygens (including phenoxy) is 3. The summed E-state index contributed by atoms with van der Waals surface area (Å²) < 4.78 is 17.9. The van der Waals surface area contributed by atoms with Gasteiger partial charge in [0.2, 0.25) is 5.91 Å². The van der Waals surface area contributed by atoms with E-state index in [1.165, 1.54) is 25.7 Å². The molecule has 3 aliphatic rings. The van der Waals surface area contributed by atoms with Crippen molar-refractivity contribution in [1.29, 1.82) is 0 Å². The highest BCUT2D eigenvalue weighted by Crippen LogP contribution is 2.46. The van der Waals surface area contributed by atoms with Crippen LogP contribution in [0.5, 0.6) is 11.5 Å². The van der Waals surface area contributed by atoms with Crippen molar-refractivity contribution in [1.82, 2.24) is 0 Å². The van der Waals surface area contributed by atoms with Gasteiger partial charge in [-0.1, -0.05) is 25.7 Å². The molecule has 1 aliphatic heterocycles. The van der Waals surface area contributed by atoms with E-state index in [0.717, 1.165) is 55.7 Å². The van der Waals surface area contributed by atoms with E-state index in [2.05, 4.69) is 5.32 Å². The van der Waals surface area contributed by atoms with Crippen molar-refractivity contribution in [3.05, 3.63) is 18.2 Å². The van der Waals surface area contributed by atoms with Gasteiger partial charge >= 0.3 is 0 Å². The number of fused-ring (bicyclic) bond motifs is 1. The van der Waals surface area contributed by atoms with Gasteiger partial charge in [-0.15, -0.1) is 0 Å². The van der Waals surface area contributed by atoms with E-state index in [9.17, 15) is 4.79 Å². The predicted molar refractivity (Wildman–Crippen MR) is 95.0 cm³/mol. The molecule has 136 valence electrons. The highest BCUT2D eigenvalue weighted by atomic mass is 16.7. The lowest BCUT2D eigenvalue weighted by Gasteiger charge is -2.31. The Labute approximate surface area is 149 Å². The Morgan fingerprint density at radius 2 is 1.76 bits per heavy atom. The zero-order valence-electron chi connectivity index (χ0n) is 14.7. The van der Waals surface area contributed by atoms with Crippen LogP contribution in [0.4, 0.5) is 5.69 Å². The second-order valence-electron chi connectivity index (χ2n) is 7.46.